The van der Waals surface area contributed by atoms with E-state index in [1.54, 1.807) is 13.0 Å². The van der Waals surface area contributed by atoms with Gasteiger partial charge in [0.05, 0.1) is 4.90 Å². The monoisotopic (exact) mass is 312 g/mol. The summed E-state index contributed by atoms with van der Waals surface area (Å²) in [6.45, 7) is 3.84. The lowest BCUT2D eigenvalue weighted by atomic mass is 10.0. The molecule has 0 unspecified atom stereocenters. The Balaban J connectivity index is 2.01. The molecule has 1 heterocycles. The Morgan fingerprint density at radius 3 is 2.86 bits per heavy atom. The van der Waals surface area contributed by atoms with Crippen LogP contribution in [0.5, 0.6) is 0 Å². The molecule has 0 bridgehead atoms. The van der Waals surface area contributed by atoms with Crippen molar-refractivity contribution >= 4 is 15.9 Å². The number of aryl methyl sites for hydroxylation is 1. The first-order valence-electron chi connectivity index (χ1n) is 6.87. The van der Waals surface area contributed by atoms with Gasteiger partial charge >= 0.3 is 0 Å². The van der Waals surface area contributed by atoms with Crippen LogP contribution in [0.25, 0.3) is 0 Å². The van der Waals surface area contributed by atoms with E-state index in [2.05, 4.69) is 5.32 Å². The number of sulfonamides is 1. The summed E-state index contributed by atoms with van der Waals surface area (Å²) >= 11 is 0. The first-order chi connectivity index (χ1) is 9.88. The number of benzene rings is 1. The minimum absolute atomic E-state index is 0.0533. The van der Waals surface area contributed by atoms with Crippen molar-refractivity contribution in [3.05, 3.63) is 29.3 Å². The van der Waals surface area contributed by atoms with E-state index in [4.69, 9.17) is 9.88 Å². The maximum absolute atomic E-state index is 12.1. The lowest BCUT2D eigenvalue weighted by molar-refractivity contribution is 0.0949. The fourth-order valence-corrected chi connectivity index (χ4v) is 2.86. The van der Waals surface area contributed by atoms with Gasteiger partial charge in [-0.15, -0.1) is 0 Å². The van der Waals surface area contributed by atoms with Gasteiger partial charge in [-0.2, -0.15) is 0 Å². The quantitative estimate of drug-likeness (QED) is 0.840. The molecule has 1 aliphatic heterocycles. The molecule has 0 radical (unpaired) electrons. The number of carbonyl (C=O) groups is 1. The zero-order chi connectivity index (χ0) is 15.5. The molecule has 1 aromatic carbocycles. The van der Waals surface area contributed by atoms with E-state index < -0.39 is 10.0 Å². The van der Waals surface area contributed by atoms with Gasteiger partial charge in [0.2, 0.25) is 10.0 Å². The van der Waals surface area contributed by atoms with E-state index in [-0.39, 0.29) is 10.8 Å². The molecule has 21 heavy (non-hydrogen) atoms. The van der Waals surface area contributed by atoms with Crippen molar-refractivity contribution < 1.29 is 17.9 Å². The van der Waals surface area contributed by atoms with Crippen LogP contribution in [0.15, 0.2) is 23.1 Å². The highest BCUT2D eigenvalue weighted by Crippen LogP contribution is 2.16. The third-order valence-corrected chi connectivity index (χ3v) is 4.56. The molecule has 6 nitrogen and oxygen atoms in total. The molecule has 1 amide bonds. The van der Waals surface area contributed by atoms with Gasteiger partial charge in [-0.3, -0.25) is 4.79 Å². The molecule has 1 saturated heterocycles. The van der Waals surface area contributed by atoms with Crippen molar-refractivity contribution in [2.45, 2.75) is 24.7 Å². The number of primary sulfonamides is 1. The normalized spacial score (nSPS) is 18.7. The highest BCUT2D eigenvalue weighted by Gasteiger charge is 2.17. The van der Waals surface area contributed by atoms with Crippen LogP contribution in [0.4, 0.5) is 0 Å². The Kier molecular flexibility index (Phi) is 4.97. The molecule has 3 N–H and O–H groups in total. The van der Waals surface area contributed by atoms with Crippen LogP contribution in [-0.4, -0.2) is 34.1 Å². The van der Waals surface area contributed by atoms with Crippen LogP contribution in [0.3, 0.4) is 0 Å². The van der Waals surface area contributed by atoms with Gasteiger partial charge in [0.25, 0.3) is 5.91 Å². The van der Waals surface area contributed by atoms with Gasteiger partial charge in [-0.25, -0.2) is 13.6 Å². The van der Waals surface area contributed by atoms with Crippen molar-refractivity contribution in [3.8, 4) is 0 Å². The average Bonchev–Trinajstić information content (AvgIpc) is 2.91. The fraction of sp³-hybridized carbons (Fsp3) is 0.500. The van der Waals surface area contributed by atoms with E-state index in [0.717, 1.165) is 26.1 Å². The molecule has 0 saturated carbocycles. The standard InChI is InChI=1S/C14H20N2O4S/c1-10-2-3-12(21(15,18)19)8-13(10)14(17)16-6-4-11-5-7-20-9-11/h2-3,8,11H,4-7,9H2,1H3,(H,16,17)(H2,15,18,19)/t11-/m1/s1. The lowest BCUT2D eigenvalue weighted by Gasteiger charge is -2.11. The molecule has 1 fully saturated rings. The highest BCUT2D eigenvalue weighted by atomic mass is 32.2. The molecule has 1 aliphatic rings. The summed E-state index contributed by atoms with van der Waals surface area (Å²) in [7, 11) is -3.81. The first-order valence-corrected chi connectivity index (χ1v) is 8.42. The van der Waals surface area contributed by atoms with Gasteiger partial charge in [-0.05, 0) is 43.4 Å². The van der Waals surface area contributed by atoms with E-state index in [1.807, 2.05) is 0 Å². The highest BCUT2D eigenvalue weighted by molar-refractivity contribution is 7.89. The minimum atomic E-state index is -3.81. The molecular weight excluding hydrogens is 292 g/mol. The molecule has 0 spiro atoms. The third kappa shape index (κ3) is 4.26. The molecule has 2 rings (SSSR count). The van der Waals surface area contributed by atoms with Crippen LogP contribution in [-0.2, 0) is 14.8 Å². The number of nitrogens with two attached hydrogens (primary N) is 1. The van der Waals surface area contributed by atoms with Crippen molar-refractivity contribution in [2.75, 3.05) is 19.8 Å². The Morgan fingerprint density at radius 2 is 2.24 bits per heavy atom. The summed E-state index contributed by atoms with van der Waals surface area (Å²) in [6.07, 6.45) is 1.88. The zero-order valence-electron chi connectivity index (χ0n) is 12.0. The number of amides is 1. The lowest BCUT2D eigenvalue weighted by Crippen LogP contribution is -2.27. The number of hydrogen-bond acceptors (Lipinski definition) is 4. The molecule has 0 aliphatic carbocycles. The van der Waals surface area contributed by atoms with E-state index in [9.17, 15) is 13.2 Å². The predicted octanol–water partition coefficient (Wildman–Crippen LogP) is 0.799. The molecule has 7 heteroatoms. The summed E-state index contributed by atoms with van der Waals surface area (Å²) in [5.41, 5.74) is 1.05. The number of carbonyl (C=O) groups excluding carboxylic acids is 1. The maximum atomic E-state index is 12.1. The largest absolute Gasteiger partial charge is 0.381 e. The number of nitrogens with one attached hydrogen (secondary N) is 1. The van der Waals surface area contributed by atoms with E-state index in [1.165, 1.54) is 12.1 Å². The molecule has 116 valence electrons. The average molecular weight is 312 g/mol. The Morgan fingerprint density at radius 1 is 1.48 bits per heavy atom. The zero-order valence-corrected chi connectivity index (χ0v) is 12.8. The second kappa shape index (κ2) is 6.55. The summed E-state index contributed by atoms with van der Waals surface area (Å²) in [5, 5.41) is 7.90. The predicted molar refractivity (Wildman–Crippen MR) is 78.4 cm³/mol. The van der Waals surface area contributed by atoms with Gasteiger partial charge in [0, 0.05) is 25.3 Å². The van der Waals surface area contributed by atoms with Crippen LogP contribution in [0.2, 0.25) is 0 Å². The summed E-state index contributed by atoms with van der Waals surface area (Å²) < 4.78 is 28.0. The van der Waals surface area contributed by atoms with Gasteiger partial charge in [0.1, 0.15) is 0 Å². The van der Waals surface area contributed by atoms with Crippen molar-refractivity contribution in [3.63, 3.8) is 0 Å². The number of ether oxygens (including phenoxy) is 1. The third-order valence-electron chi connectivity index (χ3n) is 3.64. The van der Waals surface area contributed by atoms with Gasteiger partial charge in [-0.1, -0.05) is 6.07 Å². The number of rotatable bonds is 5. The smallest absolute Gasteiger partial charge is 0.251 e. The summed E-state index contributed by atoms with van der Waals surface area (Å²) in [6, 6.07) is 4.30. The van der Waals surface area contributed by atoms with E-state index in [0.29, 0.717) is 23.6 Å². The van der Waals surface area contributed by atoms with Crippen LogP contribution in [0, 0.1) is 12.8 Å². The summed E-state index contributed by atoms with van der Waals surface area (Å²) in [4.78, 5) is 12.1. The maximum Gasteiger partial charge on any atom is 0.251 e. The molecular formula is C14H20N2O4S. The molecule has 1 atom stereocenters. The molecule has 1 aromatic rings. The topological polar surface area (TPSA) is 98.5 Å². The van der Waals surface area contributed by atoms with E-state index >= 15 is 0 Å². The summed E-state index contributed by atoms with van der Waals surface area (Å²) in [5.74, 6) is 0.207. The Labute approximate surface area is 124 Å². The minimum Gasteiger partial charge on any atom is -0.381 e. The fourth-order valence-electron chi connectivity index (χ4n) is 2.32. The Bertz CT molecular complexity index is 622. The van der Waals surface area contributed by atoms with Crippen LogP contribution in [0.1, 0.15) is 28.8 Å². The van der Waals surface area contributed by atoms with Crippen LogP contribution < -0.4 is 10.5 Å². The van der Waals surface area contributed by atoms with Crippen molar-refractivity contribution in [1.29, 1.82) is 0 Å². The Hall–Kier alpha value is -1.44. The SMILES string of the molecule is Cc1ccc(S(N)(=O)=O)cc1C(=O)NCC[C@@H]1CCOC1. The van der Waals surface area contributed by atoms with Gasteiger partial charge in [0.15, 0.2) is 0 Å². The molecule has 0 aromatic heterocycles. The second-order valence-electron chi connectivity index (χ2n) is 5.30. The van der Waals surface area contributed by atoms with Crippen molar-refractivity contribution in [1.82, 2.24) is 5.32 Å². The van der Waals surface area contributed by atoms with Crippen molar-refractivity contribution in [2.24, 2.45) is 11.1 Å². The van der Waals surface area contributed by atoms with Crippen LogP contribution >= 0.6 is 0 Å². The second-order valence-corrected chi connectivity index (χ2v) is 6.86. The first kappa shape index (κ1) is 15.9. The number of hydrogen-bond donors (Lipinski definition) is 2. The van der Waals surface area contributed by atoms with Gasteiger partial charge < -0.3 is 10.1 Å².